The van der Waals surface area contributed by atoms with Crippen molar-refractivity contribution in [1.29, 1.82) is 0 Å². The first-order valence-corrected chi connectivity index (χ1v) is 5.75. The molecular formula is C13H15N3. The Bertz CT molecular complexity index is 633. The Morgan fingerprint density at radius 2 is 2.19 bits per heavy atom. The summed E-state index contributed by atoms with van der Waals surface area (Å²) in [6.07, 6.45) is 3.31. The lowest BCUT2D eigenvalue weighted by Crippen LogP contribution is -1.90. The standard InChI is InChI=1S/C13H15N3/c1-3-9(2)11-8-16-12-7-5-4-6-10(12)14-13(16)15-11/h4-9H,3H2,1-2H3,(H,14,15). The van der Waals surface area contributed by atoms with Gasteiger partial charge in [-0.1, -0.05) is 26.0 Å². The normalized spacial score (nSPS) is 13.6. The van der Waals surface area contributed by atoms with Crippen LogP contribution in [-0.2, 0) is 0 Å². The second-order valence-electron chi connectivity index (χ2n) is 4.31. The summed E-state index contributed by atoms with van der Waals surface area (Å²) in [4.78, 5) is 7.95. The van der Waals surface area contributed by atoms with E-state index in [9.17, 15) is 0 Å². The maximum absolute atomic E-state index is 4.56. The van der Waals surface area contributed by atoms with Crippen molar-refractivity contribution in [1.82, 2.24) is 14.4 Å². The van der Waals surface area contributed by atoms with Gasteiger partial charge in [0.1, 0.15) is 0 Å². The van der Waals surface area contributed by atoms with E-state index in [0.717, 1.165) is 17.7 Å². The highest BCUT2D eigenvalue weighted by atomic mass is 15.1. The van der Waals surface area contributed by atoms with Gasteiger partial charge in [0.2, 0.25) is 5.78 Å². The Balaban J connectivity index is 2.26. The average Bonchev–Trinajstić information content (AvgIpc) is 2.85. The molecule has 0 saturated heterocycles. The zero-order valence-electron chi connectivity index (χ0n) is 9.57. The zero-order chi connectivity index (χ0) is 11.1. The Morgan fingerprint density at radius 3 is 3.00 bits per heavy atom. The summed E-state index contributed by atoms with van der Waals surface area (Å²) in [5, 5.41) is 0. The van der Waals surface area contributed by atoms with Crippen molar-refractivity contribution in [2.75, 3.05) is 0 Å². The molecule has 0 spiro atoms. The maximum Gasteiger partial charge on any atom is 0.212 e. The molecule has 16 heavy (non-hydrogen) atoms. The Kier molecular flexibility index (Phi) is 1.99. The number of fused-ring (bicyclic) bond motifs is 3. The fourth-order valence-electron chi connectivity index (χ4n) is 2.03. The Labute approximate surface area is 94.1 Å². The van der Waals surface area contributed by atoms with E-state index >= 15 is 0 Å². The Morgan fingerprint density at radius 1 is 1.38 bits per heavy atom. The molecule has 1 aromatic carbocycles. The van der Waals surface area contributed by atoms with Crippen molar-refractivity contribution in [2.24, 2.45) is 0 Å². The van der Waals surface area contributed by atoms with Crippen LogP contribution in [0.2, 0.25) is 0 Å². The first-order valence-electron chi connectivity index (χ1n) is 5.75. The number of aromatic amines is 1. The molecule has 2 heterocycles. The summed E-state index contributed by atoms with van der Waals surface area (Å²) in [7, 11) is 0. The molecule has 0 saturated carbocycles. The molecule has 0 bridgehead atoms. The van der Waals surface area contributed by atoms with E-state index < -0.39 is 0 Å². The van der Waals surface area contributed by atoms with Crippen LogP contribution in [0.25, 0.3) is 16.8 Å². The third kappa shape index (κ3) is 1.24. The molecule has 82 valence electrons. The highest BCUT2D eigenvalue weighted by Gasteiger charge is 2.10. The molecule has 3 heteroatoms. The van der Waals surface area contributed by atoms with Gasteiger partial charge in [-0.2, -0.15) is 0 Å². The van der Waals surface area contributed by atoms with Crippen molar-refractivity contribution in [3.05, 3.63) is 36.2 Å². The van der Waals surface area contributed by atoms with Crippen molar-refractivity contribution >= 4 is 16.8 Å². The minimum Gasteiger partial charge on any atom is -0.327 e. The molecule has 2 aromatic heterocycles. The van der Waals surface area contributed by atoms with Crippen molar-refractivity contribution in [3.63, 3.8) is 0 Å². The zero-order valence-corrected chi connectivity index (χ0v) is 9.57. The molecule has 0 radical (unpaired) electrons. The predicted octanol–water partition coefficient (Wildman–Crippen LogP) is 3.33. The second kappa shape index (κ2) is 3.37. The maximum atomic E-state index is 4.56. The van der Waals surface area contributed by atoms with Gasteiger partial charge in [0.05, 0.1) is 11.0 Å². The lowest BCUT2D eigenvalue weighted by atomic mass is 10.1. The van der Waals surface area contributed by atoms with Crippen LogP contribution in [0, 0.1) is 0 Å². The van der Waals surface area contributed by atoms with E-state index in [2.05, 4.69) is 40.5 Å². The summed E-state index contributed by atoms with van der Waals surface area (Å²) in [6, 6.07) is 8.21. The molecule has 3 rings (SSSR count). The van der Waals surface area contributed by atoms with Crippen LogP contribution >= 0.6 is 0 Å². The number of aromatic nitrogens is 3. The summed E-state index contributed by atoms with van der Waals surface area (Å²) >= 11 is 0. The topological polar surface area (TPSA) is 33.1 Å². The monoisotopic (exact) mass is 213 g/mol. The number of hydrogen-bond acceptors (Lipinski definition) is 1. The lowest BCUT2D eigenvalue weighted by molar-refractivity contribution is 0.713. The average molecular weight is 213 g/mol. The van der Waals surface area contributed by atoms with Crippen LogP contribution in [0.3, 0.4) is 0 Å². The summed E-state index contributed by atoms with van der Waals surface area (Å²) in [6.45, 7) is 4.43. The number of nitrogens with one attached hydrogen (secondary N) is 1. The largest absolute Gasteiger partial charge is 0.327 e. The molecule has 1 unspecified atom stereocenters. The van der Waals surface area contributed by atoms with Crippen LogP contribution in [0.5, 0.6) is 0 Å². The molecule has 0 aliphatic rings. The summed E-state index contributed by atoms with van der Waals surface area (Å²) in [5.41, 5.74) is 3.48. The van der Waals surface area contributed by atoms with Crippen molar-refractivity contribution in [3.8, 4) is 0 Å². The van der Waals surface area contributed by atoms with Gasteiger partial charge in [-0.3, -0.25) is 4.40 Å². The van der Waals surface area contributed by atoms with Gasteiger partial charge >= 0.3 is 0 Å². The van der Waals surface area contributed by atoms with E-state index in [1.807, 2.05) is 18.2 Å². The van der Waals surface area contributed by atoms with Crippen molar-refractivity contribution in [2.45, 2.75) is 26.2 Å². The lowest BCUT2D eigenvalue weighted by Gasteiger charge is -2.03. The molecule has 0 aliphatic carbocycles. The number of hydrogen-bond donors (Lipinski definition) is 1. The highest BCUT2D eigenvalue weighted by molar-refractivity contribution is 5.79. The number of rotatable bonds is 2. The minimum atomic E-state index is 0.556. The SMILES string of the molecule is CCC(C)c1cn2c(nc3ccccc32)[nH]1. The van der Waals surface area contributed by atoms with Crippen LogP contribution in [0.15, 0.2) is 30.5 Å². The van der Waals surface area contributed by atoms with Gasteiger partial charge in [-0.25, -0.2) is 4.98 Å². The van der Waals surface area contributed by atoms with Gasteiger partial charge in [0.25, 0.3) is 0 Å². The molecule has 3 nitrogen and oxygen atoms in total. The van der Waals surface area contributed by atoms with Crippen LogP contribution in [0.4, 0.5) is 0 Å². The van der Waals surface area contributed by atoms with Crippen LogP contribution in [-0.4, -0.2) is 14.4 Å². The number of para-hydroxylation sites is 2. The van der Waals surface area contributed by atoms with Gasteiger partial charge < -0.3 is 4.98 Å². The summed E-state index contributed by atoms with van der Waals surface area (Å²) in [5.74, 6) is 1.50. The van der Waals surface area contributed by atoms with Gasteiger partial charge in [0, 0.05) is 11.9 Å². The molecule has 1 atom stereocenters. The number of imidazole rings is 2. The molecular weight excluding hydrogens is 198 g/mol. The summed E-state index contributed by atoms with van der Waals surface area (Å²) < 4.78 is 2.14. The number of benzene rings is 1. The first kappa shape index (κ1) is 9.46. The fraction of sp³-hybridized carbons (Fsp3) is 0.308. The third-order valence-electron chi connectivity index (χ3n) is 3.26. The molecule has 3 aromatic rings. The van der Waals surface area contributed by atoms with Crippen LogP contribution < -0.4 is 0 Å². The predicted molar refractivity (Wildman–Crippen MR) is 65.8 cm³/mol. The van der Waals surface area contributed by atoms with Crippen molar-refractivity contribution < 1.29 is 0 Å². The molecule has 0 fully saturated rings. The van der Waals surface area contributed by atoms with Gasteiger partial charge in [-0.05, 0) is 24.5 Å². The Hall–Kier alpha value is -1.77. The van der Waals surface area contributed by atoms with E-state index in [-0.39, 0.29) is 0 Å². The quantitative estimate of drug-likeness (QED) is 0.696. The van der Waals surface area contributed by atoms with E-state index in [1.165, 1.54) is 11.2 Å². The second-order valence-corrected chi connectivity index (χ2v) is 4.31. The van der Waals surface area contributed by atoms with Gasteiger partial charge in [-0.15, -0.1) is 0 Å². The minimum absolute atomic E-state index is 0.556. The van der Waals surface area contributed by atoms with E-state index in [0.29, 0.717) is 5.92 Å². The number of nitrogens with zero attached hydrogens (tertiary/aromatic N) is 2. The third-order valence-corrected chi connectivity index (χ3v) is 3.26. The van der Waals surface area contributed by atoms with E-state index in [4.69, 9.17) is 0 Å². The van der Waals surface area contributed by atoms with E-state index in [1.54, 1.807) is 0 Å². The fourth-order valence-corrected chi connectivity index (χ4v) is 2.03. The number of H-pyrrole nitrogens is 1. The molecule has 0 aliphatic heterocycles. The first-order chi connectivity index (χ1) is 7.79. The van der Waals surface area contributed by atoms with Gasteiger partial charge in [0.15, 0.2) is 0 Å². The molecule has 0 amide bonds. The van der Waals surface area contributed by atoms with Crippen LogP contribution in [0.1, 0.15) is 31.9 Å². The highest BCUT2D eigenvalue weighted by Crippen LogP contribution is 2.21. The smallest absolute Gasteiger partial charge is 0.212 e. The molecule has 1 N–H and O–H groups in total.